The van der Waals surface area contributed by atoms with Gasteiger partial charge in [-0.05, 0) is 51.0 Å². The molecule has 0 bridgehead atoms. The molecular weight excluding hydrogens is 340 g/mol. The molecule has 1 aromatic heterocycles. The molecule has 0 unspecified atom stereocenters. The average Bonchev–Trinajstić information content (AvgIpc) is 2.66. The maximum absolute atomic E-state index is 12.8. The van der Waals surface area contributed by atoms with E-state index in [9.17, 15) is 14.7 Å². The van der Waals surface area contributed by atoms with E-state index in [0.717, 1.165) is 31.4 Å². The molecule has 144 valence electrons. The predicted octanol–water partition coefficient (Wildman–Crippen LogP) is 2.84. The highest BCUT2D eigenvalue weighted by Crippen LogP contribution is 2.24. The zero-order valence-corrected chi connectivity index (χ0v) is 16.1. The molecule has 1 amide bonds. The van der Waals surface area contributed by atoms with E-state index >= 15 is 0 Å². The molecule has 0 saturated carbocycles. The van der Waals surface area contributed by atoms with Crippen molar-refractivity contribution in [2.24, 2.45) is 5.92 Å². The highest BCUT2D eigenvalue weighted by atomic mass is 16.3. The van der Waals surface area contributed by atoms with Crippen molar-refractivity contribution in [1.29, 1.82) is 0 Å². The van der Waals surface area contributed by atoms with Crippen molar-refractivity contribution < 1.29 is 9.90 Å². The molecule has 5 heteroatoms. The Labute approximate surface area is 160 Å². The number of nitrogens with one attached hydrogen (secondary N) is 1. The fraction of sp³-hybridized carbons (Fsp3) is 0.455. The number of aryl methyl sites for hydroxylation is 3. The largest absolute Gasteiger partial charge is 0.393 e. The zero-order chi connectivity index (χ0) is 19.4. The number of benzene rings is 1. The number of aliphatic hydroxyl groups is 1. The Bertz CT molecular complexity index is 836. The van der Waals surface area contributed by atoms with Gasteiger partial charge in [0.05, 0.1) is 6.10 Å². The summed E-state index contributed by atoms with van der Waals surface area (Å²) in [4.78, 5) is 29.8. The van der Waals surface area contributed by atoms with E-state index in [1.165, 1.54) is 11.6 Å². The highest BCUT2D eigenvalue weighted by molar-refractivity contribution is 5.95. The van der Waals surface area contributed by atoms with Gasteiger partial charge in [-0.15, -0.1) is 0 Å². The fourth-order valence-corrected chi connectivity index (χ4v) is 3.95. The lowest BCUT2D eigenvalue weighted by atomic mass is 9.88. The number of carbonyl (C=O) groups is 1. The maximum Gasteiger partial charge on any atom is 0.259 e. The Hall–Kier alpha value is -2.40. The van der Waals surface area contributed by atoms with Crippen LogP contribution in [0.3, 0.4) is 0 Å². The van der Waals surface area contributed by atoms with Crippen molar-refractivity contribution in [3.63, 3.8) is 0 Å². The number of amides is 1. The van der Waals surface area contributed by atoms with Gasteiger partial charge in [0.2, 0.25) is 0 Å². The minimum Gasteiger partial charge on any atom is -0.393 e. The summed E-state index contributed by atoms with van der Waals surface area (Å²) in [5.74, 6) is 0.00105. The standard InChI is InChI=1S/C22H28N2O3/c1-15-14-20(26)21(16(2)23-15)22(27)24-12-10-18(11-13-24)19(25)9-8-17-6-4-3-5-7-17/h3-7,14,18-19,25H,8-13H2,1-2H3,(H,23,26)/t19-/m1/s1. The first-order valence-corrected chi connectivity index (χ1v) is 9.67. The molecule has 1 saturated heterocycles. The number of aliphatic hydroxyl groups excluding tert-OH is 1. The van der Waals surface area contributed by atoms with Gasteiger partial charge in [-0.3, -0.25) is 9.59 Å². The van der Waals surface area contributed by atoms with Gasteiger partial charge < -0.3 is 15.0 Å². The molecule has 1 fully saturated rings. The van der Waals surface area contributed by atoms with E-state index < -0.39 is 0 Å². The van der Waals surface area contributed by atoms with Crippen LogP contribution in [0.15, 0.2) is 41.2 Å². The first kappa shape index (κ1) is 19.4. The van der Waals surface area contributed by atoms with Crippen LogP contribution in [-0.2, 0) is 6.42 Å². The molecule has 2 N–H and O–H groups in total. The van der Waals surface area contributed by atoms with E-state index in [-0.39, 0.29) is 28.9 Å². The summed E-state index contributed by atoms with van der Waals surface area (Å²) >= 11 is 0. The highest BCUT2D eigenvalue weighted by Gasteiger charge is 2.29. The molecule has 1 aliphatic heterocycles. The van der Waals surface area contributed by atoms with Crippen molar-refractivity contribution in [3.05, 3.63) is 69.1 Å². The molecule has 27 heavy (non-hydrogen) atoms. The van der Waals surface area contributed by atoms with E-state index in [0.29, 0.717) is 18.8 Å². The number of carbonyl (C=O) groups excluding carboxylic acids is 1. The first-order chi connectivity index (χ1) is 13.0. The summed E-state index contributed by atoms with van der Waals surface area (Å²) in [6.07, 6.45) is 2.78. The minimum absolute atomic E-state index is 0.203. The number of piperidine rings is 1. The summed E-state index contributed by atoms with van der Waals surface area (Å²) in [6.45, 7) is 4.74. The molecule has 5 nitrogen and oxygen atoms in total. The fourth-order valence-electron chi connectivity index (χ4n) is 3.95. The lowest BCUT2D eigenvalue weighted by Gasteiger charge is -2.34. The van der Waals surface area contributed by atoms with Crippen LogP contribution in [0, 0.1) is 19.8 Å². The second kappa shape index (κ2) is 8.53. The SMILES string of the molecule is Cc1cc(=O)c(C(=O)N2CCC([C@H](O)CCc3ccccc3)CC2)c(C)[nH]1. The molecule has 3 rings (SSSR count). The third kappa shape index (κ3) is 4.66. The van der Waals surface area contributed by atoms with Crippen LogP contribution in [0.1, 0.15) is 46.6 Å². The molecule has 2 aromatic rings. The van der Waals surface area contributed by atoms with Crippen LogP contribution in [0.5, 0.6) is 0 Å². The van der Waals surface area contributed by atoms with Gasteiger partial charge in [0.1, 0.15) is 5.56 Å². The van der Waals surface area contributed by atoms with Gasteiger partial charge in [0.15, 0.2) is 5.43 Å². The van der Waals surface area contributed by atoms with E-state index in [2.05, 4.69) is 17.1 Å². The minimum atomic E-state index is -0.355. The van der Waals surface area contributed by atoms with Gasteiger partial charge in [-0.1, -0.05) is 30.3 Å². The Morgan fingerprint density at radius 1 is 1.22 bits per heavy atom. The second-order valence-electron chi connectivity index (χ2n) is 7.54. The van der Waals surface area contributed by atoms with Crippen molar-refractivity contribution >= 4 is 5.91 Å². The average molecular weight is 368 g/mol. The zero-order valence-electron chi connectivity index (χ0n) is 16.1. The van der Waals surface area contributed by atoms with Crippen LogP contribution in [0.2, 0.25) is 0 Å². The smallest absolute Gasteiger partial charge is 0.259 e. The summed E-state index contributed by atoms with van der Waals surface area (Å²) in [5, 5.41) is 10.5. The van der Waals surface area contributed by atoms with Crippen molar-refractivity contribution in [2.75, 3.05) is 13.1 Å². The summed E-state index contributed by atoms with van der Waals surface area (Å²) in [5.41, 5.74) is 2.63. The normalized spacial score (nSPS) is 16.3. The van der Waals surface area contributed by atoms with Crippen LogP contribution < -0.4 is 5.43 Å². The number of hydrogen-bond acceptors (Lipinski definition) is 3. The summed E-state index contributed by atoms with van der Waals surface area (Å²) < 4.78 is 0. The number of hydrogen-bond donors (Lipinski definition) is 2. The Morgan fingerprint density at radius 2 is 1.89 bits per heavy atom. The van der Waals surface area contributed by atoms with Gasteiger partial charge in [0.25, 0.3) is 5.91 Å². The van der Waals surface area contributed by atoms with Crippen LogP contribution in [0.25, 0.3) is 0 Å². The summed E-state index contributed by atoms with van der Waals surface area (Å²) in [6, 6.07) is 11.7. The topological polar surface area (TPSA) is 73.4 Å². The Balaban J connectivity index is 1.55. The third-order valence-electron chi connectivity index (χ3n) is 5.51. The number of rotatable bonds is 5. The van der Waals surface area contributed by atoms with Gasteiger partial charge >= 0.3 is 0 Å². The molecule has 1 aromatic carbocycles. The number of likely N-dealkylation sites (tertiary alicyclic amines) is 1. The Kier molecular flexibility index (Phi) is 6.11. The number of aromatic nitrogens is 1. The van der Waals surface area contributed by atoms with Gasteiger partial charge in [-0.2, -0.15) is 0 Å². The van der Waals surface area contributed by atoms with Crippen LogP contribution >= 0.6 is 0 Å². The van der Waals surface area contributed by atoms with Gasteiger partial charge in [0, 0.05) is 30.5 Å². The van der Waals surface area contributed by atoms with Crippen molar-refractivity contribution in [2.45, 2.75) is 45.6 Å². The molecule has 0 aliphatic carbocycles. The van der Waals surface area contributed by atoms with Crippen LogP contribution in [0.4, 0.5) is 0 Å². The number of nitrogens with zero attached hydrogens (tertiary/aromatic N) is 1. The molecule has 2 heterocycles. The molecule has 1 atom stereocenters. The van der Waals surface area contributed by atoms with E-state index in [1.54, 1.807) is 11.8 Å². The number of aromatic amines is 1. The second-order valence-corrected chi connectivity index (χ2v) is 7.54. The van der Waals surface area contributed by atoms with Crippen molar-refractivity contribution in [3.8, 4) is 0 Å². The number of pyridine rings is 1. The van der Waals surface area contributed by atoms with E-state index in [4.69, 9.17) is 0 Å². The molecule has 1 aliphatic rings. The maximum atomic E-state index is 12.8. The lowest BCUT2D eigenvalue weighted by molar-refractivity contribution is 0.0435. The first-order valence-electron chi connectivity index (χ1n) is 9.67. The summed E-state index contributed by atoms with van der Waals surface area (Å²) in [7, 11) is 0. The van der Waals surface area contributed by atoms with E-state index in [1.807, 2.05) is 25.1 Å². The molecule has 0 radical (unpaired) electrons. The quantitative estimate of drug-likeness (QED) is 0.852. The lowest BCUT2D eigenvalue weighted by Crippen LogP contribution is -2.43. The Morgan fingerprint density at radius 3 is 2.52 bits per heavy atom. The van der Waals surface area contributed by atoms with Crippen molar-refractivity contribution in [1.82, 2.24) is 9.88 Å². The predicted molar refractivity (Wildman–Crippen MR) is 106 cm³/mol. The molecular formula is C22H28N2O3. The number of H-pyrrole nitrogens is 1. The molecule has 0 spiro atoms. The third-order valence-corrected chi connectivity index (χ3v) is 5.51. The van der Waals surface area contributed by atoms with Crippen LogP contribution in [-0.4, -0.2) is 40.1 Å². The van der Waals surface area contributed by atoms with Gasteiger partial charge in [-0.25, -0.2) is 0 Å². The monoisotopic (exact) mass is 368 g/mol.